The van der Waals surface area contributed by atoms with E-state index in [4.69, 9.17) is 26.2 Å². The molecular formula is C14H23ClN2O5S. The number of halogens is 1. The van der Waals surface area contributed by atoms with Crippen LogP contribution in [0.15, 0.2) is 27.9 Å². The SMILES string of the molecule is CC=N/C=C\C(Cl)=C(/C)C1OC(C)(C)COC1COS(N)(=O)=O. The highest BCUT2D eigenvalue weighted by Gasteiger charge is 2.38. The maximum absolute atomic E-state index is 11.0. The Kier molecular flexibility index (Phi) is 7.37. The molecule has 1 rings (SSSR count). The summed E-state index contributed by atoms with van der Waals surface area (Å²) in [4.78, 5) is 3.94. The van der Waals surface area contributed by atoms with Crippen molar-refractivity contribution in [3.05, 3.63) is 22.9 Å². The van der Waals surface area contributed by atoms with Gasteiger partial charge in [0.2, 0.25) is 0 Å². The van der Waals surface area contributed by atoms with Crippen molar-refractivity contribution in [1.82, 2.24) is 0 Å². The molecule has 1 saturated heterocycles. The average molecular weight is 367 g/mol. The Balaban J connectivity index is 2.99. The Morgan fingerprint density at radius 3 is 2.74 bits per heavy atom. The highest BCUT2D eigenvalue weighted by Crippen LogP contribution is 2.30. The van der Waals surface area contributed by atoms with E-state index in [1.807, 2.05) is 13.8 Å². The Labute approximate surface area is 142 Å². The molecule has 0 spiro atoms. The van der Waals surface area contributed by atoms with Crippen molar-refractivity contribution in [1.29, 1.82) is 0 Å². The van der Waals surface area contributed by atoms with Crippen molar-refractivity contribution in [3.8, 4) is 0 Å². The van der Waals surface area contributed by atoms with E-state index in [9.17, 15) is 8.42 Å². The van der Waals surface area contributed by atoms with E-state index in [0.29, 0.717) is 17.2 Å². The summed E-state index contributed by atoms with van der Waals surface area (Å²) in [6.45, 7) is 7.35. The van der Waals surface area contributed by atoms with Crippen molar-refractivity contribution >= 4 is 28.1 Å². The molecule has 1 aliphatic heterocycles. The average Bonchev–Trinajstić information content (AvgIpc) is 2.43. The fourth-order valence-corrected chi connectivity index (χ4v) is 2.46. The molecule has 0 saturated carbocycles. The number of allylic oxidation sites excluding steroid dienone is 2. The summed E-state index contributed by atoms with van der Waals surface area (Å²) < 4.78 is 38.3. The standard InChI is InChI=1S/C14H23ClN2O5S/c1-5-17-7-6-11(15)10(2)13-12(8-21-23(16,18)19)20-9-14(3,4)22-13/h5-7,12-13H,8-9H2,1-4H3,(H2,16,18,19)/b7-6-,11-10-,17-5?. The van der Waals surface area contributed by atoms with Gasteiger partial charge in [-0.25, -0.2) is 5.14 Å². The molecule has 1 heterocycles. The van der Waals surface area contributed by atoms with Crippen LogP contribution in [0.1, 0.15) is 27.7 Å². The molecule has 0 aliphatic carbocycles. The first-order chi connectivity index (χ1) is 10.6. The minimum Gasteiger partial charge on any atom is -0.370 e. The van der Waals surface area contributed by atoms with Gasteiger partial charge in [0.05, 0.1) is 18.8 Å². The lowest BCUT2D eigenvalue weighted by atomic mass is 10.0. The molecule has 1 aliphatic rings. The van der Waals surface area contributed by atoms with E-state index >= 15 is 0 Å². The predicted molar refractivity (Wildman–Crippen MR) is 89.6 cm³/mol. The first kappa shape index (κ1) is 20.3. The molecule has 1 fully saturated rings. The van der Waals surface area contributed by atoms with Crippen LogP contribution in [0.4, 0.5) is 0 Å². The van der Waals surface area contributed by atoms with Gasteiger partial charge in [0.1, 0.15) is 12.2 Å². The zero-order chi connectivity index (χ0) is 17.7. The number of nitrogens with two attached hydrogens (primary N) is 1. The number of nitrogens with zero attached hydrogens (tertiary/aromatic N) is 1. The van der Waals surface area contributed by atoms with Crippen molar-refractivity contribution in [3.63, 3.8) is 0 Å². The maximum atomic E-state index is 11.0. The molecular weight excluding hydrogens is 344 g/mol. The molecule has 0 bridgehead atoms. The third kappa shape index (κ3) is 7.11. The highest BCUT2D eigenvalue weighted by atomic mass is 35.5. The van der Waals surface area contributed by atoms with Crippen LogP contribution in [0, 0.1) is 0 Å². The fourth-order valence-electron chi connectivity index (χ4n) is 1.98. The summed E-state index contributed by atoms with van der Waals surface area (Å²) in [6, 6.07) is 0. The van der Waals surface area contributed by atoms with Crippen molar-refractivity contribution < 1.29 is 22.1 Å². The Hall–Kier alpha value is -0.770. The fraction of sp³-hybridized carbons (Fsp3) is 0.643. The van der Waals surface area contributed by atoms with Crippen LogP contribution in [0.25, 0.3) is 0 Å². The van der Waals surface area contributed by atoms with Crippen LogP contribution >= 0.6 is 11.6 Å². The molecule has 9 heteroatoms. The lowest BCUT2D eigenvalue weighted by Crippen LogP contribution is -2.51. The number of hydrogen-bond acceptors (Lipinski definition) is 6. The van der Waals surface area contributed by atoms with Crippen molar-refractivity contribution in [2.45, 2.75) is 45.5 Å². The van der Waals surface area contributed by atoms with E-state index in [1.165, 1.54) is 0 Å². The first-order valence-corrected chi connectivity index (χ1v) is 8.88. The Morgan fingerprint density at radius 1 is 1.52 bits per heavy atom. The number of aliphatic imine (C=N–C) groups is 1. The van der Waals surface area contributed by atoms with Gasteiger partial charge in [-0.15, -0.1) is 0 Å². The number of ether oxygens (including phenoxy) is 2. The van der Waals surface area contributed by atoms with Gasteiger partial charge in [0.25, 0.3) is 0 Å². The highest BCUT2D eigenvalue weighted by molar-refractivity contribution is 7.84. The largest absolute Gasteiger partial charge is 0.370 e. The van der Waals surface area contributed by atoms with Gasteiger partial charge in [0.15, 0.2) is 0 Å². The van der Waals surface area contributed by atoms with Gasteiger partial charge in [-0.05, 0) is 39.3 Å². The van der Waals surface area contributed by atoms with E-state index in [-0.39, 0.29) is 6.61 Å². The van der Waals surface area contributed by atoms with E-state index in [0.717, 1.165) is 0 Å². The first-order valence-electron chi connectivity index (χ1n) is 7.03. The summed E-state index contributed by atoms with van der Waals surface area (Å²) >= 11 is 6.25. The summed E-state index contributed by atoms with van der Waals surface area (Å²) in [5.74, 6) is 0. The minimum atomic E-state index is -4.06. The summed E-state index contributed by atoms with van der Waals surface area (Å²) in [5.41, 5.74) is 0.150. The number of hydrogen-bond donors (Lipinski definition) is 1. The lowest BCUT2D eigenvalue weighted by Gasteiger charge is -2.41. The van der Waals surface area contributed by atoms with Gasteiger partial charge < -0.3 is 9.47 Å². The molecule has 2 atom stereocenters. The molecule has 132 valence electrons. The lowest BCUT2D eigenvalue weighted by molar-refractivity contribution is -0.211. The Morgan fingerprint density at radius 2 is 2.17 bits per heavy atom. The van der Waals surface area contributed by atoms with Crippen LogP contribution in [0.3, 0.4) is 0 Å². The van der Waals surface area contributed by atoms with Gasteiger partial charge >= 0.3 is 10.3 Å². The second kappa shape index (κ2) is 8.36. The van der Waals surface area contributed by atoms with Gasteiger partial charge in [-0.3, -0.25) is 9.18 Å². The smallest absolute Gasteiger partial charge is 0.333 e. The third-order valence-corrected chi connectivity index (χ3v) is 3.97. The topological polar surface area (TPSA) is 100 Å². The minimum absolute atomic E-state index is 0.252. The molecule has 2 N–H and O–H groups in total. The number of rotatable bonds is 6. The van der Waals surface area contributed by atoms with Gasteiger partial charge in [-0.1, -0.05) is 11.6 Å². The maximum Gasteiger partial charge on any atom is 0.333 e. The normalized spacial score (nSPS) is 26.7. The molecule has 0 aromatic carbocycles. The summed E-state index contributed by atoms with van der Waals surface area (Å²) in [7, 11) is -4.06. The quantitative estimate of drug-likeness (QED) is 0.571. The van der Waals surface area contributed by atoms with E-state index < -0.39 is 28.1 Å². The van der Waals surface area contributed by atoms with Crippen LogP contribution < -0.4 is 5.14 Å². The van der Waals surface area contributed by atoms with E-state index in [2.05, 4.69) is 9.18 Å². The monoisotopic (exact) mass is 366 g/mol. The van der Waals surface area contributed by atoms with Crippen LogP contribution in [0.2, 0.25) is 0 Å². The third-order valence-electron chi connectivity index (χ3n) is 3.08. The van der Waals surface area contributed by atoms with Crippen LogP contribution in [0.5, 0.6) is 0 Å². The zero-order valence-corrected chi connectivity index (χ0v) is 15.2. The molecule has 2 unspecified atom stereocenters. The Bertz CT molecular complexity index is 598. The molecule has 7 nitrogen and oxygen atoms in total. The molecule has 23 heavy (non-hydrogen) atoms. The molecule has 0 aromatic heterocycles. The zero-order valence-electron chi connectivity index (χ0n) is 13.7. The summed E-state index contributed by atoms with van der Waals surface area (Å²) in [5, 5.41) is 5.29. The van der Waals surface area contributed by atoms with Crippen molar-refractivity contribution in [2.24, 2.45) is 10.1 Å². The van der Waals surface area contributed by atoms with Gasteiger partial charge in [0, 0.05) is 17.4 Å². The molecule has 0 amide bonds. The van der Waals surface area contributed by atoms with Gasteiger partial charge in [-0.2, -0.15) is 8.42 Å². The molecule has 0 aromatic rings. The summed E-state index contributed by atoms with van der Waals surface area (Å²) in [6.07, 6.45) is 3.60. The second-order valence-corrected chi connectivity index (χ2v) is 7.31. The van der Waals surface area contributed by atoms with Crippen LogP contribution in [-0.4, -0.2) is 45.7 Å². The second-order valence-electron chi connectivity index (χ2n) is 5.68. The predicted octanol–water partition coefficient (Wildman–Crippen LogP) is 1.89. The van der Waals surface area contributed by atoms with E-state index in [1.54, 1.807) is 32.3 Å². The van der Waals surface area contributed by atoms with Crippen LogP contribution in [-0.2, 0) is 24.0 Å². The molecule has 0 radical (unpaired) electrons. The van der Waals surface area contributed by atoms with Crippen molar-refractivity contribution in [2.75, 3.05) is 13.2 Å².